The van der Waals surface area contributed by atoms with E-state index in [-0.39, 0.29) is 5.91 Å². The highest BCUT2D eigenvalue weighted by molar-refractivity contribution is 5.94. The molecule has 154 valence electrons. The van der Waals surface area contributed by atoms with Gasteiger partial charge < -0.3 is 23.8 Å². The van der Waals surface area contributed by atoms with Crippen LogP contribution in [0.1, 0.15) is 45.5 Å². The van der Waals surface area contributed by atoms with E-state index < -0.39 is 0 Å². The van der Waals surface area contributed by atoms with Crippen molar-refractivity contribution in [3.05, 3.63) is 52.5 Å². The summed E-state index contributed by atoms with van der Waals surface area (Å²) in [5.74, 6) is 2.71. The van der Waals surface area contributed by atoms with E-state index in [1.807, 2.05) is 13.8 Å². The van der Waals surface area contributed by atoms with Gasteiger partial charge in [-0.1, -0.05) is 10.3 Å². The summed E-state index contributed by atoms with van der Waals surface area (Å²) in [5, 5.41) is 10.5. The van der Waals surface area contributed by atoms with Crippen LogP contribution >= 0.6 is 0 Å². The number of hydrogen-bond donors (Lipinski definition) is 1. The Morgan fingerprint density at radius 2 is 1.97 bits per heavy atom. The van der Waals surface area contributed by atoms with Crippen molar-refractivity contribution in [1.29, 1.82) is 0 Å². The summed E-state index contributed by atoms with van der Waals surface area (Å²) < 4.78 is 21.4. The third kappa shape index (κ3) is 5.13. The van der Waals surface area contributed by atoms with Crippen LogP contribution in [0.4, 0.5) is 0 Å². The lowest BCUT2D eigenvalue weighted by Crippen LogP contribution is -2.24. The van der Waals surface area contributed by atoms with Gasteiger partial charge in [0.15, 0.2) is 17.3 Å². The second-order valence-electron chi connectivity index (χ2n) is 6.55. The van der Waals surface area contributed by atoms with Gasteiger partial charge in [-0.15, -0.1) is 0 Å². The van der Waals surface area contributed by atoms with Crippen molar-refractivity contribution in [2.75, 3.05) is 13.7 Å². The molecule has 0 aliphatic rings. The number of hydrogen-bond acceptors (Lipinski definition) is 8. The first-order valence-corrected chi connectivity index (χ1v) is 9.28. The maximum Gasteiger partial charge on any atom is 0.251 e. The van der Waals surface area contributed by atoms with Gasteiger partial charge in [0, 0.05) is 18.5 Å². The van der Waals surface area contributed by atoms with Crippen molar-refractivity contribution in [2.24, 2.45) is 0 Å². The molecule has 9 heteroatoms. The van der Waals surface area contributed by atoms with Crippen LogP contribution < -0.4 is 14.8 Å². The van der Waals surface area contributed by atoms with Gasteiger partial charge in [0.1, 0.15) is 12.4 Å². The van der Waals surface area contributed by atoms with E-state index in [0.717, 1.165) is 11.3 Å². The van der Waals surface area contributed by atoms with Crippen molar-refractivity contribution in [2.45, 2.75) is 40.2 Å². The topological polar surface area (TPSA) is 113 Å². The molecule has 1 N–H and O–H groups in total. The Kier molecular flexibility index (Phi) is 6.48. The third-order valence-corrected chi connectivity index (χ3v) is 4.40. The summed E-state index contributed by atoms with van der Waals surface area (Å²) in [5.41, 5.74) is 2.17. The first-order chi connectivity index (χ1) is 14.0. The van der Waals surface area contributed by atoms with Gasteiger partial charge in [0.05, 0.1) is 18.4 Å². The monoisotopic (exact) mass is 400 g/mol. The lowest BCUT2D eigenvalue weighted by atomic mass is 10.1. The van der Waals surface area contributed by atoms with E-state index >= 15 is 0 Å². The molecule has 0 aliphatic heterocycles. The van der Waals surface area contributed by atoms with E-state index in [2.05, 4.69) is 20.6 Å². The molecule has 0 saturated carbocycles. The summed E-state index contributed by atoms with van der Waals surface area (Å²) >= 11 is 0. The first-order valence-electron chi connectivity index (χ1n) is 9.28. The lowest BCUT2D eigenvalue weighted by molar-refractivity contribution is 0.0952. The molecule has 0 spiro atoms. The van der Waals surface area contributed by atoms with Crippen LogP contribution in [0.5, 0.6) is 11.5 Å². The molecule has 3 rings (SSSR count). The molecule has 3 aromatic rings. The predicted octanol–water partition coefficient (Wildman–Crippen LogP) is 2.93. The number of nitrogens with one attached hydrogen (secondary N) is 1. The van der Waals surface area contributed by atoms with E-state index in [9.17, 15) is 4.79 Å². The smallest absolute Gasteiger partial charge is 0.251 e. The summed E-state index contributed by atoms with van der Waals surface area (Å²) in [6, 6.07) is 5.06. The Bertz CT molecular complexity index is 960. The van der Waals surface area contributed by atoms with Crippen LogP contribution in [0.15, 0.2) is 27.2 Å². The van der Waals surface area contributed by atoms with Crippen molar-refractivity contribution in [3.8, 4) is 11.5 Å². The number of benzene rings is 1. The Hall–Kier alpha value is -3.36. The van der Waals surface area contributed by atoms with Gasteiger partial charge in [0.2, 0.25) is 5.89 Å². The highest BCUT2D eigenvalue weighted by atomic mass is 16.5. The SMILES string of the molecule is COc1cc(C(=O)NCCCc2nc(C)no2)ccc1OCc1c(C)noc1C. The maximum atomic E-state index is 12.4. The number of amides is 1. The average molecular weight is 400 g/mol. The molecule has 0 radical (unpaired) electrons. The van der Waals surface area contributed by atoms with Crippen LogP contribution in [0.25, 0.3) is 0 Å². The lowest BCUT2D eigenvalue weighted by Gasteiger charge is -2.12. The van der Waals surface area contributed by atoms with Crippen LogP contribution in [0, 0.1) is 20.8 Å². The Morgan fingerprint density at radius 1 is 1.14 bits per heavy atom. The predicted molar refractivity (Wildman–Crippen MR) is 103 cm³/mol. The number of aryl methyl sites for hydroxylation is 4. The summed E-state index contributed by atoms with van der Waals surface area (Å²) in [6.07, 6.45) is 1.31. The van der Waals surface area contributed by atoms with E-state index in [1.54, 1.807) is 25.1 Å². The maximum absolute atomic E-state index is 12.4. The molecule has 0 atom stereocenters. The Morgan fingerprint density at radius 3 is 2.62 bits per heavy atom. The Labute approximate surface area is 168 Å². The number of methoxy groups -OCH3 is 1. The van der Waals surface area contributed by atoms with Crippen molar-refractivity contribution >= 4 is 5.91 Å². The quantitative estimate of drug-likeness (QED) is 0.546. The van der Waals surface area contributed by atoms with Crippen LogP contribution in [0.3, 0.4) is 0 Å². The largest absolute Gasteiger partial charge is 0.493 e. The minimum absolute atomic E-state index is 0.192. The van der Waals surface area contributed by atoms with Gasteiger partial charge in [-0.3, -0.25) is 4.79 Å². The fourth-order valence-corrected chi connectivity index (χ4v) is 2.77. The molecular formula is C20H24N4O5. The van der Waals surface area contributed by atoms with Crippen molar-refractivity contribution in [1.82, 2.24) is 20.6 Å². The summed E-state index contributed by atoms with van der Waals surface area (Å²) in [6.45, 7) is 6.26. The van der Waals surface area contributed by atoms with Crippen LogP contribution in [-0.4, -0.2) is 34.9 Å². The molecule has 2 heterocycles. The molecule has 0 unspecified atom stereocenters. The standard InChI is InChI=1S/C20H24N4O5/c1-12-16(13(2)28-23-12)11-27-17-8-7-15(10-18(17)26-4)20(25)21-9-5-6-19-22-14(3)24-29-19/h7-8,10H,5-6,9,11H2,1-4H3,(H,21,25). The summed E-state index contributed by atoms with van der Waals surface area (Å²) in [4.78, 5) is 16.5. The van der Waals surface area contributed by atoms with E-state index in [0.29, 0.717) is 60.5 Å². The second-order valence-corrected chi connectivity index (χ2v) is 6.55. The highest BCUT2D eigenvalue weighted by Crippen LogP contribution is 2.29. The second kappa shape index (κ2) is 9.22. The highest BCUT2D eigenvalue weighted by Gasteiger charge is 2.14. The number of carbonyl (C=O) groups excluding carboxylic acids is 1. The van der Waals surface area contributed by atoms with Gasteiger partial charge in [-0.2, -0.15) is 4.98 Å². The zero-order chi connectivity index (χ0) is 20.8. The minimum Gasteiger partial charge on any atom is -0.493 e. The number of nitrogens with zero attached hydrogens (tertiary/aromatic N) is 3. The minimum atomic E-state index is -0.192. The van der Waals surface area contributed by atoms with E-state index in [1.165, 1.54) is 7.11 Å². The molecule has 0 saturated heterocycles. The molecule has 1 aromatic carbocycles. The molecule has 0 aliphatic carbocycles. The zero-order valence-corrected chi connectivity index (χ0v) is 16.9. The molecule has 29 heavy (non-hydrogen) atoms. The molecule has 0 bridgehead atoms. The van der Waals surface area contributed by atoms with Gasteiger partial charge in [-0.05, 0) is 45.4 Å². The molecule has 0 fully saturated rings. The van der Waals surface area contributed by atoms with E-state index in [4.69, 9.17) is 18.5 Å². The molecule has 2 aromatic heterocycles. The average Bonchev–Trinajstić information content (AvgIpc) is 3.28. The zero-order valence-electron chi connectivity index (χ0n) is 16.9. The number of ether oxygens (including phenoxy) is 2. The number of aromatic nitrogens is 3. The van der Waals surface area contributed by atoms with Crippen molar-refractivity contribution in [3.63, 3.8) is 0 Å². The van der Waals surface area contributed by atoms with Gasteiger partial charge in [-0.25, -0.2) is 0 Å². The van der Waals surface area contributed by atoms with Gasteiger partial charge >= 0.3 is 0 Å². The molecule has 1 amide bonds. The number of rotatable bonds is 9. The van der Waals surface area contributed by atoms with Crippen molar-refractivity contribution < 1.29 is 23.3 Å². The van der Waals surface area contributed by atoms with Crippen LogP contribution in [-0.2, 0) is 13.0 Å². The fourth-order valence-electron chi connectivity index (χ4n) is 2.77. The normalized spacial score (nSPS) is 10.8. The van der Waals surface area contributed by atoms with Crippen LogP contribution in [0.2, 0.25) is 0 Å². The number of carbonyl (C=O) groups is 1. The van der Waals surface area contributed by atoms with Gasteiger partial charge in [0.25, 0.3) is 5.91 Å². The molecule has 9 nitrogen and oxygen atoms in total. The first kappa shape index (κ1) is 20.4. The Balaban J connectivity index is 1.55. The fraction of sp³-hybridized carbons (Fsp3) is 0.400. The third-order valence-electron chi connectivity index (χ3n) is 4.40. The molecular weight excluding hydrogens is 376 g/mol. The summed E-state index contributed by atoms with van der Waals surface area (Å²) in [7, 11) is 1.53.